The topological polar surface area (TPSA) is 48.0 Å². The summed E-state index contributed by atoms with van der Waals surface area (Å²) in [5, 5.41) is 0. The molecule has 19 heavy (non-hydrogen) atoms. The third kappa shape index (κ3) is 3.38. The fourth-order valence-corrected chi connectivity index (χ4v) is 2.11. The quantitative estimate of drug-likeness (QED) is 0.818. The Morgan fingerprint density at radius 1 is 1.26 bits per heavy atom. The summed E-state index contributed by atoms with van der Waals surface area (Å²) in [5.41, 5.74) is 0.846. The average molecular weight is 265 g/mol. The number of nitrogens with zero attached hydrogens (tertiary/aromatic N) is 1. The summed E-state index contributed by atoms with van der Waals surface area (Å²) in [6, 6.07) is 5.49. The molecule has 1 aliphatic rings. The van der Waals surface area contributed by atoms with Gasteiger partial charge in [0, 0.05) is 18.7 Å². The van der Waals surface area contributed by atoms with Gasteiger partial charge in [0.05, 0.1) is 33.9 Å². The minimum Gasteiger partial charge on any atom is -0.497 e. The lowest BCUT2D eigenvalue weighted by atomic mass is 10.1. The first kappa shape index (κ1) is 13.7. The van der Waals surface area contributed by atoms with Crippen LogP contribution < -0.4 is 9.47 Å². The Balaban J connectivity index is 2.10. The van der Waals surface area contributed by atoms with E-state index in [1.807, 2.05) is 23.1 Å². The van der Waals surface area contributed by atoms with Gasteiger partial charge in [0.2, 0.25) is 5.91 Å². The molecule has 0 bridgehead atoms. The maximum atomic E-state index is 12.2. The van der Waals surface area contributed by atoms with Gasteiger partial charge < -0.3 is 19.1 Å². The molecule has 1 aromatic carbocycles. The molecule has 0 aromatic heterocycles. The average Bonchev–Trinajstić information content (AvgIpc) is 2.48. The summed E-state index contributed by atoms with van der Waals surface area (Å²) in [6.45, 7) is 2.54. The van der Waals surface area contributed by atoms with Gasteiger partial charge >= 0.3 is 0 Å². The molecular weight excluding hydrogens is 246 g/mol. The van der Waals surface area contributed by atoms with Crippen molar-refractivity contribution in [1.29, 1.82) is 0 Å². The molecule has 0 atom stereocenters. The second-order valence-electron chi connectivity index (χ2n) is 4.35. The van der Waals surface area contributed by atoms with E-state index >= 15 is 0 Å². The number of morpholine rings is 1. The molecular formula is C14H19NO4. The smallest absolute Gasteiger partial charge is 0.227 e. The van der Waals surface area contributed by atoms with Gasteiger partial charge in [0.1, 0.15) is 11.5 Å². The normalized spacial score (nSPS) is 15.2. The molecule has 1 aromatic rings. The molecule has 1 heterocycles. The van der Waals surface area contributed by atoms with Crippen molar-refractivity contribution in [3.05, 3.63) is 23.8 Å². The van der Waals surface area contributed by atoms with Crippen molar-refractivity contribution in [2.45, 2.75) is 6.42 Å². The molecule has 2 rings (SSSR count). The Morgan fingerprint density at radius 2 is 2.00 bits per heavy atom. The van der Waals surface area contributed by atoms with E-state index in [1.165, 1.54) is 0 Å². The molecule has 1 amide bonds. The van der Waals surface area contributed by atoms with Crippen LogP contribution in [-0.2, 0) is 16.0 Å². The van der Waals surface area contributed by atoms with Crippen molar-refractivity contribution >= 4 is 5.91 Å². The van der Waals surface area contributed by atoms with Gasteiger partial charge in [-0.15, -0.1) is 0 Å². The molecule has 0 aliphatic carbocycles. The molecule has 0 radical (unpaired) electrons. The molecule has 1 fully saturated rings. The number of carbonyl (C=O) groups is 1. The highest BCUT2D eigenvalue weighted by Gasteiger charge is 2.18. The molecule has 0 saturated carbocycles. The van der Waals surface area contributed by atoms with Crippen LogP contribution in [0.25, 0.3) is 0 Å². The number of hydrogen-bond acceptors (Lipinski definition) is 4. The lowest BCUT2D eigenvalue weighted by Crippen LogP contribution is -2.41. The Bertz CT molecular complexity index is 441. The first-order valence-electron chi connectivity index (χ1n) is 6.31. The second kappa shape index (κ2) is 6.43. The number of benzene rings is 1. The maximum absolute atomic E-state index is 12.2. The molecule has 5 nitrogen and oxygen atoms in total. The molecule has 5 heteroatoms. The van der Waals surface area contributed by atoms with Gasteiger partial charge in [-0.25, -0.2) is 0 Å². The van der Waals surface area contributed by atoms with E-state index in [2.05, 4.69) is 0 Å². The predicted molar refractivity (Wildman–Crippen MR) is 70.6 cm³/mol. The molecule has 0 spiro atoms. The van der Waals surface area contributed by atoms with E-state index in [0.717, 1.165) is 11.3 Å². The van der Waals surface area contributed by atoms with Crippen LogP contribution in [0.4, 0.5) is 0 Å². The van der Waals surface area contributed by atoms with Crippen molar-refractivity contribution in [1.82, 2.24) is 4.90 Å². The Kier molecular flexibility index (Phi) is 4.63. The first-order valence-corrected chi connectivity index (χ1v) is 6.31. The predicted octanol–water partition coefficient (Wildman–Crippen LogP) is 1.11. The second-order valence-corrected chi connectivity index (χ2v) is 4.35. The van der Waals surface area contributed by atoms with Crippen LogP contribution in [-0.4, -0.2) is 51.3 Å². The zero-order valence-corrected chi connectivity index (χ0v) is 11.3. The highest BCUT2D eigenvalue weighted by molar-refractivity contribution is 5.79. The number of carbonyl (C=O) groups excluding carboxylic acids is 1. The highest BCUT2D eigenvalue weighted by Crippen LogP contribution is 2.24. The Morgan fingerprint density at radius 3 is 2.63 bits per heavy atom. The van der Waals surface area contributed by atoms with Crippen LogP contribution >= 0.6 is 0 Å². The van der Waals surface area contributed by atoms with E-state index in [4.69, 9.17) is 14.2 Å². The van der Waals surface area contributed by atoms with E-state index in [-0.39, 0.29) is 5.91 Å². The Labute approximate surface area is 113 Å². The molecule has 1 aliphatic heterocycles. The van der Waals surface area contributed by atoms with E-state index < -0.39 is 0 Å². The van der Waals surface area contributed by atoms with E-state index in [0.29, 0.717) is 38.5 Å². The van der Waals surface area contributed by atoms with Gasteiger partial charge in [-0.05, 0) is 18.2 Å². The van der Waals surface area contributed by atoms with E-state index in [1.54, 1.807) is 14.2 Å². The van der Waals surface area contributed by atoms with Crippen LogP contribution in [0.3, 0.4) is 0 Å². The molecule has 0 N–H and O–H groups in total. The summed E-state index contributed by atoms with van der Waals surface area (Å²) < 4.78 is 15.7. The standard InChI is InChI=1S/C14H19NO4/c1-17-12-3-4-13(18-2)11(9-12)10-14(16)15-5-7-19-8-6-15/h3-4,9H,5-8,10H2,1-2H3. The summed E-state index contributed by atoms with van der Waals surface area (Å²) in [5.74, 6) is 1.53. The van der Waals surface area contributed by atoms with Crippen molar-refractivity contribution in [2.75, 3.05) is 40.5 Å². The number of amides is 1. The fourth-order valence-electron chi connectivity index (χ4n) is 2.11. The first-order chi connectivity index (χ1) is 9.24. The van der Waals surface area contributed by atoms with Crippen LogP contribution in [0.5, 0.6) is 11.5 Å². The number of hydrogen-bond donors (Lipinski definition) is 0. The summed E-state index contributed by atoms with van der Waals surface area (Å²) in [6.07, 6.45) is 0.320. The van der Waals surface area contributed by atoms with Crippen molar-refractivity contribution < 1.29 is 19.0 Å². The largest absolute Gasteiger partial charge is 0.497 e. The minimum atomic E-state index is 0.0925. The van der Waals surface area contributed by atoms with Gasteiger partial charge in [0.15, 0.2) is 0 Å². The lowest BCUT2D eigenvalue weighted by Gasteiger charge is -2.27. The minimum absolute atomic E-state index is 0.0925. The number of methoxy groups -OCH3 is 2. The molecule has 0 unspecified atom stereocenters. The zero-order valence-electron chi connectivity index (χ0n) is 11.3. The fraction of sp³-hybridized carbons (Fsp3) is 0.500. The van der Waals surface area contributed by atoms with Gasteiger partial charge in [-0.2, -0.15) is 0 Å². The summed E-state index contributed by atoms with van der Waals surface area (Å²) in [4.78, 5) is 14.0. The maximum Gasteiger partial charge on any atom is 0.227 e. The van der Waals surface area contributed by atoms with Gasteiger partial charge in [-0.3, -0.25) is 4.79 Å². The SMILES string of the molecule is COc1ccc(OC)c(CC(=O)N2CCOCC2)c1. The third-order valence-electron chi connectivity index (χ3n) is 3.19. The lowest BCUT2D eigenvalue weighted by molar-refractivity contribution is -0.134. The highest BCUT2D eigenvalue weighted by atomic mass is 16.5. The third-order valence-corrected chi connectivity index (χ3v) is 3.19. The van der Waals surface area contributed by atoms with Gasteiger partial charge in [-0.1, -0.05) is 0 Å². The molecule has 1 saturated heterocycles. The monoisotopic (exact) mass is 265 g/mol. The van der Waals surface area contributed by atoms with Crippen molar-refractivity contribution in [3.8, 4) is 11.5 Å². The number of rotatable bonds is 4. The van der Waals surface area contributed by atoms with E-state index in [9.17, 15) is 4.79 Å². The van der Waals surface area contributed by atoms with Crippen molar-refractivity contribution in [2.24, 2.45) is 0 Å². The van der Waals surface area contributed by atoms with Crippen LogP contribution in [0.15, 0.2) is 18.2 Å². The molecule has 104 valence electrons. The Hall–Kier alpha value is -1.75. The summed E-state index contributed by atoms with van der Waals surface area (Å²) in [7, 11) is 3.21. The van der Waals surface area contributed by atoms with Crippen molar-refractivity contribution in [3.63, 3.8) is 0 Å². The summed E-state index contributed by atoms with van der Waals surface area (Å²) >= 11 is 0. The van der Waals surface area contributed by atoms with Gasteiger partial charge in [0.25, 0.3) is 0 Å². The zero-order chi connectivity index (χ0) is 13.7. The van der Waals surface area contributed by atoms with Crippen LogP contribution in [0.2, 0.25) is 0 Å². The van der Waals surface area contributed by atoms with Crippen LogP contribution in [0.1, 0.15) is 5.56 Å². The van der Waals surface area contributed by atoms with Crippen LogP contribution in [0, 0.1) is 0 Å². The number of ether oxygens (including phenoxy) is 3.